The number of aliphatic imine (C=N–C) groups is 1. The maximum absolute atomic E-state index is 5.61. The molecule has 15 heavy (non-hydrogen) atoms. The number of hydrogen-bond donors (Lipinski definition) is 1. The van der Waals surface area contributed by atoms with Crippen molar-refractivity contribution in [3.8, 4) is 0 Å². The van der Waals surface area contributed by atoms with Gasteiger partial charge < -0.3 is 10.5 Å². The van der Waals surface area contributed by atoms with Gasteiger partial charge in [-0.1, -0.05) is 26.7 Å². The molecule has 0 radical (unpaired) electrons. The molecule has 1 aliphatic carbocycles. The first-order chi connectivity index (χ1) is 7.11. The fourth-order valence-electron chi connectivity index (χ4n) is 2.85. The molecule has 2 atom stereocenters. The van der Waals surface area contributed by atoms with E-state index in [1.165, 1.54) is 19.3 Å². The summed E-state index contributed by atoms with van der Waals surface area (Å²) >= 11 is 0. The summed E-state index contributed by atoms with van der Waals surface area (Å²) in [6.45, 7) is 5.36. The van der Waals surface area contributed by atoms with Crippen molar-refractivity contribution in [3.05, 3.63) is 0 Å². The minimum atomic E-state index is 0.0354. The summed E-state index contributed by atoms with van der Waals surface area (Å²) in [6, 6.07) is 0.401. The lowest BCUT2D eigenvalue weighted by molar-refractivity contribution is 0.230. The smallest absolute Gasteiger partial charge is 0.282 e. The van der Waals surface area contributed by atoms with Gasteiger partial charge in [-0.3, -0.25) is 0 Å². The minimum Gasteiger partial charge on any atom is -0.463 e. The number of hydrogen-bond acceptors (Lipinski definition) is 3. The summed E-state index contributed by atoms with van der Waals surface area (Å²) in [5.74, 6) is 1.66. The topological polar surface area (TPSA) is 47.6 Å². The molecule has 2 rings (SSSR count). The van der Waals surface area contributed by atoms with E-state index in [-0.39, 0.29) is 5.54 Å². The van der Waals surface area contributed by atoms with Crippen molar-refractivity contribution in [3.63, 3.8) is 0 Å². The molecule has 0 aromatic rings. The molecule has 1 saturated carbocycles. The Hall–Kier alpha value is -0.730. The highest BCUT2D eigenvalue weighted by Crippen LogP contribution is 2.38. The van der Waals surface area contributed by atoms with Gasteiger partial charge in [0.05, 0.1) is 0 Å². The molecule has 2 N–H and O–H groups in total. The number of rotatable bonds is 1. The average molecular weight is 210 g/mol. The molecular formula is C12H22N2O. The number of ether oxygens (including phenoxy) is 1. The Kier molecular flexibility index (Phi) is 2.89. The SMILES string of the molecule is CC(C)C1CCCC2(CC1)COC(N)=N2. The van der Waals surface area contributed by atoms with Crippen molar-refractivity contribution >= 4 is 6.02 Å². The average Bonchev–Trinajstić information content (AvgIpc) is 2.43. The highest BCUT2D eigenvalue weighted by Gasteiger charge is 2.38. The molecule has 0 aromatic heterocycles. The van der Waals surface area contributed by atoms with E-state index in [4.69, 9.17) is 10.5 Å². The van der Waals surface area contributed by atoms with Crippen LogP contribution in [0.15, 0.2) is 4.99 Å². The number of amidine groups is 1. The van der Waals surface area contributed by atoms with E-state index in [0.29, 0.717) is 12.6 Å². The maximum Gasteiger partial charge on any atom is 0.282 e. The van der Waals surface area contributed by atoms with Crippen LogP contribution in [-0.2, 0) is 4.74 Å². The van der Waals surface area contributed by atoms with Crippen molar-refractivity contribution < 1.29 is 4.74 Å². The zero-order valence-electron chi connectivity index (χ0n) is 9.83. The van der Waals surface area contributed by atoms with Crippen LogP contribution in [0.3, 0.4) is 0 Å². The predicted octanol–water partition coefficient (Wildman–Crippen LogP) is 2.31. The van der Waals surface area contributed by atoms with E-state index in [2.05, 4.69) is 18.8 Å². The Bertz CT molecular complexity index is 262. The highest BCUT2D eigenvalue weighted by molar-refractivity contribution is 5.73. The molecule has 86 valence electrons. The van der Waals surface area contributed by atoms with Crippen LogP contribution >= 0.6 is 0 Å². The number of nitrogens with zero attached hydrogens (tertiary/aromatic N) is 1. The highest BCUT2D eigenvalue weighted by atomic mass is 16.5. The van der Waals surface area contributed by atoms with E-state index in [1.54, 1.807) is 0 Å². The van der Waals surface area contributed by atoms with E-state index >= 15 is 0 Å². The summed E-state index contributed by atoms with van der Waals surface area (Å²) in [5, 5.41) is 0. The van der Waals surface area contributed by atoms with Crippen molar-refractivity contribution in [1.29, 1.82) is 0 Å². The molecule has 1 aliphatic heterocycles. The van der Waals surface area contributed by atoms with Gasteiger partial charge in [-0.05, 0) is 31.1 Å². The second kappa shape index (κ2) is 4.03. The van der Waals surface area contributed by atoms with Crippen LogP contribution < -0.4 is 5.73 Å². The Morgan fingerprint density at radius 2 is 2.20 bits per heavy atom. The lowest BCUT2D eigenvalue weighted by Gasteiger charge is -2.22. The standard InChI is InChI=1S/C12H22N2O/c1-9(2)10-4-3-6-12(7-5-10)8-15-11(13)14-12/h9-10H,3-8H2,1-2H3,(H2,13,14). The molecule has 0 aromatic carbocycles. The summed E-state index contributed by atoms with van der Waals surface area (Å²) in [6.07, 6.45) is 6.18. The van der Waals surface area contributed by atoms with Gasteiger partial charge in [0.25, 0.3) is 6.02 Å². The molecule has 1 fully saturated rings. The largest absolute Gasteiger partial charge is 0.463 e. The van der Waals surface area contributed by atoms with Crippen LogP contribution in [0, 0.1) is 11.8 Å². The first-order valence-electron chi connectivity index (χ1n) is 6.09. The van der Waals surface area contributed by atoms with Crippen molar-refractivity contribution in [2.75, 3.05) is 6.61 Å². The second-order valence-electron chi connectivity index (χ2n) is 5.40. The molecule has 3 nitrogen and oxygen atoms in total. The third-order valence-electron chi connectivity index (χ3n) is 3.98. The van der Waals surface area contributed by atoms with E-state index in [9.17, 15) is 0 Å². The van der Waals surface area contributed by atoms with Crippen LogP contribution in [0.25, 0.3) is 0 Å². The van der Waals surface area contributed by atoms with Crippen molar-refractivity contribution in [2.45, 2.75) is 51.5 Å². The molecule has 0 saturated heterocycles. The van der Waals surface area contributed by atoms with E-state index in [0.717, 1.165) is 24.7 Å². The summed E-state index contributed by atoms with van der Waals surface area (Å²) < 4.78 is 5.33. The summed E-state index contributed by atoms with van der Waals surface area (Å²) in [4.78, 5) is 4.51. The third-order valence-corrected chi connectivity index (χ3v) is 3.98. The summed E-state index contributed by atoms with van der Waals surface area (Å²) in [5.41, 5.74) is 5.65. The molecule has 2 unspecified atom stereocenters. The van der Waals surface area contributed by atoms with Gasteiger partial charge in [0.2, 0.25) is 0 Å². The fourth-order valence-corrected chi connectivity index (χ4v) is 2.85. The van der Waals surface area contributed by atoms with Crippen molar-refractivity contribution in [1.82, 2.24) is 0 Å². The Morgan fingerprint density at radius 3 is 2.80 bits per heavy atom. The van der Waals surface area contributed by atoms with Gasteiger partial charge >= 0.3 is 0 Å². The Morgan fingerprint density at radius 1 is 1.40 bits per heavy atom. The van der Waals surface area contributed by atoms with Gasteiger partial charge in [0.15, 0.2) is 0 Å². The van der Waals surface area contributed by atoms with Gasteiger partial charge in [-0.2, -0.15) is 0 Å². The zero-order valence-corrected chi connectivity index (χ0v) is 9.83. The second-order valence-corrected chi connectivity index (χ2v) is 5.40. The molecule has 0 bridgehead atoms. The van der Waals surface area contributed by atoms with Crippen LogP contribution in [0.5, 0.6) is 0 Å². The van der Waals surface area contributed by atoms with Crippen molar-refractivity contribution in [2.24, 2.45) is 22.6 Å². The van der Waals surface area contributed by atoms with E-state index in [1.807, 2.05) is 0 Å². The lowest BCUT2D eigenvalue weighted by atomic mass is 9.87. The Balaban J connectivity index is 2.01. The normalized spacial score (nSPS) is 36.5. The van der Waals surface area contributed by atoms with Gasteiger partial charge in [-0.15, -0.1) is 0 Å². The molecule has 2 aliphatic rings. The zero-order chi connectivity index (χ0) is 10.9. The van der Waals surface area contributed by atoms with Crippen LogP contribution in [0.1, 0.15) is 46.0 Å². The van der Waals surface area contributed by atoms with E-state index < -0.39 is 0 Å². The predicted molar refractivity (Wildman–Crippen MR) is 61.7 cm³/mol. The maximum atomic E-state index is 5.61. The first-order valence-corrected chi connectivity index (χ1v) is 6.09. The van der Waals surface area contributed by atoms with Gasteiger partial charge in [0.1, 0.15) is 12.1 Å². The van der Waals surface area contributed by atoms with Crippen LogP contribution in [0.4, 0.5) is 0 Å². The molecule has 1 heterocycles. The first kappa shape index (κ1) is 10.8. The third kappa shape index (κ3) is 2.27. The fraction of sp³-hybridized carbons (Fsp3) is 0.917. The quantitative estimate of drug-likeness (QED) is 0.722. The van der Waals surface area contributed by atoms with Gasteiger partial charge in [-0.25, -0.2) is 4.99 Å². The molecule has 3 heteroatoms. The minimum absolute atomic E-state index is 0.0354. The lowest BCUT2D eigenvalue weighted by Crippen LogP contribution is -2.27. The molecule has 0 amide bonds. The monoisotopic (exact) mass is 210 g/mol. The molecular weight excluding hydrogens is 188 g/mol. The summed E-state index contributed by atoms with van der Waals surface area (Å²) in [7, 11) is 0. The Labute approximate surface area is 92.1 Å². The number of nitrogens with two attached hydrogens (primary N) is 1. The van der Waals surface area contributed by atoms with Crippen LogP contribution in [0.2, 0.25) is 0 Å². The van der Waals surface area contributed by atoms with Crippen LogP contribution in [-0.4, -0.2) is 18.2 Å². The van der Waals surface area contributed by atoms with Gasteiger partial charge in [0, 0.05) is 0 Å². The molecule has 1 spiro atoms.